The van der Waals surface area contributed by atoms with Crippen LogP contribution in [-0.2, 0) is 19.1 Å². The van der Waals surface area contributed by atoms with E-state index in [0.717, 1.165) is 19.6 Å². The second kappa shape index (κ2) is 14.8. The first-order chi connectivity index (χ1) is 12.0. The molecular weight excluding hydrogens is 318 g/mol. The van der Waals surface area contributed by atoms with Gasteiger partial charge in [0.05, 0.1) is 26.3 Å². The summed E-state index contributed by atoms with van der Waals surface area (Å²) in [5.74, 6) is 3.75. The van der Waals surface area contributed by atoms with Crippen molar-refractivity contribution in [2.24, 2.45) is 11.8 Å². The van der Waals surface area contributed by atoms with Gasteiger partial charge >= 0.3 is 11.9 Å². The Morgan fingerprint density at radius 2 is 1.40 bits per heavy atom. The minimum atomic E-state index is -0.970. The summed E-state index contributed by atoms with van der Waals surface area (Å²) in [6.07, 6.45) is 4.72. The quantitative estimate of drug-likeness (QED) is 0.330. The van der Waals surface area contributed by atoms with Crippen LogP contribution in [0.25, 0.3) is 0 Å². The van der Waals surface area contributed by atoms with E-state index in [1.54, 1.807) is 20.8 Å². The van der Waals surface area contributed by atoms with Gasteiger partial charge in [0.2, 0.25) is 0 Å². The molecule has 0 radical (unpaired) electrons. The van der Waals surface area contributed by atoms with Crippen molar-refractivity contribution in [1.29, 1.82) is 0 Å². The molecule has 1 atom stereocenters. The van der Waals surface area contributed by atoms with E-state index < -0.39 is 23.8 Å². The molecule has 0 aromatic heterocycles. The van der Waals surface area contributed by atoms with Crippen molar-refractivity contribution in [3.05, 3.63) is 0 Å². The van der Waals surface area contributed by atoms with E-state index in [1.165, 1.54) is 30.6 Å². The molecule has 0 amide bonds. The van der Waals surface area contributed by atoms with Crippen LogP contribution in [0.3, 0.4) is 0 Å². The Morgan fingerprint density at radius 3 is 1.80 bits per heavy atom. The summed E-state index contributed by atoms with van der Waals surface area (Å²) in [4.78, 5) is 25.6. The molecule has 0 rings (SSSR count). The molecular formula is C20H36NO4+. The van der Waals surface area contributed by atoms with Crippen LogP contribution in [0.5, 0.6) is 0 Å². The summed E-state index contributed by atoms with van der Waals surface area (Å²) >= 11 is 0. The maximum absolute atomic E-state index is 12.1. The molecule has 0 heterocycles. The van der Waals surface area contributed by atoms with Gasteiger partial charge in [0.15, 0.2) is 5.92 Å². The van der Waals surface area contributed by atoms with E-state index in [-0.39, 0.29) is 13.2 Å². The van der Waals surface area contributed by atoms with Crippen molar-refractivity contribution < 1.29 is 24.0 Å². The Kier molecular flexibility index (Phi) is 13.9. The number of ether oxygens (including phenoxy) is 2. The second-order valence-corrected chi connectivity index (χ2v) is 6.23. The number of nitrogens with one attached hydrogen (secondary N) is 1. The van der Waals surface area contributed by atoms with Crippen molar-refractivity contribution in [3.8, 4) is 11.8 Å². The zero-order valence-electron chi connectivity index (χ0n) is 16.7. The molecule has 0 spiro atoms. The van der Waals surface area contributed by atoms with Crippen LogP contribution in [0.2, 0.25) is 0 Å². The molecule has 25 heavy (non-hydrogen) atoms. The van der Waals surface area contributed by atoms with Gasteiger partial charge in [-0.2, -0.15) is 0 Å². The van der Waals surface area contributed by atoms with Crippen molar-refractivity contribution >= 4 is 11.9 Å². The summed E-state index contributed by atoms with van der Waals surface area (Å²) in [7, 11) is 0. The fourth-order valence-corrected chi connectivity index (χ4v) is 2.54. The van der Waals surface area contributed by atoms with E-state index >= 15 is 0 Å². The molecule has 0 aliphatic rings. The second-order valence-electron chi connectivity index (χ2n) is 6.23. The van der Waals surface area contributed by atoms with E-state index in [1.807, 2.05) is 0 Å². The van der Waals surface area contributed by atoms with Crippen molar-refractivity contribution in [3.63, 3.8) is 0 Å². The Bertz CT molecular complexity index is 413. The maximum atomic E-state index is 12.1. The molecule has 0 aromatic rings. The van der Waals surface area contributed by atoms with E-state index in [0.29, 0.717) is 0 Å². The van der Waals surface area contributed by atoms with Crippen molar-refractivity contribution in [1.82, 2.24) is 0 Å². The largest absolute Gasteiger partial charge is 0.465 e. The lowest BCUT2D eigenvalue weighted by molar-refractivity contribution is -0.893. The minimum absolute atomic E-state index is 0.237. The lowest BCUT2D eigenvalue weighted by Gasteiger charge is -2.18. The lowest BCUT2D eigenvalue weighted by Crippen LogP contribution is -3.12. The van der Waals surface area contributed by atoms with Gasteiger partial charge in [0, 0.05) is 5.92 Å². The topological polar surface area (TPSA) is 57.0 Å². The Hall–Kier alpha value is -1.54. The molecule has 5 heteroatoms. The van der Waals surface area contributed by atoms with Gasteiger partial charge in [-0.15, -0.1) is 0 Å². The summed E-state index contributed by atoms with van der Waals surface area (Å²) in [6.45, 7) is 13.0. The third-order valence-electron chi connectivity index (χ3n) is 4.02. The van der Waals surface area contributed by atoms with E-state index in [2.05, 4.69) is 25.7 Å². The molecule has 0 bridgehead atoms. The molecule has 0 unspecified atom stereocenters. The number of quaternary nitrogens is 1. The number of carbonyl (C=O) groups excluding carboxylic acids is 2. The Morgan fingerprint density at radius 1 is 0.920 bits per heavy atom. The highest BCUT2D eigenvalue weighted by Crippen LogP contribution is 2.15. The lowest BCUT2D eigenvalue weighted by atomic mass is 9.94. The fraction of sp³-hybridized carbons (Fsp3) is 0.800. The molecule has 0 saturated carbocycles. The Labute approximate surface area is 153 Å². The van der Waals surface area contributed by atoms with Gasteiger partial charge in [0.1, 0.15) is 6.54 Å². The highest BCUT2D eigenvalue weighted by atomic mass is 16.6. The van der Waals surface area contributed by atoms with Crippen LogP contribution < -0.4 is 4.90 Å². The van der Waals surface area contributed by atoms with Gasteiger partial charge in [0.25, 0.3) is 0 Å². The van der Waals surface area contributed by atoms with Crippen LogP contribution in [0.4, 0.5) is 0 Å². The first-order valence-corrected chi connectivity index (χ1v) is 9.66. The number of hydrogen-bond acceptors (Lipinski definition) is 4. The number of carbonyl (C=O) groups is 2. The molecule has 0 aliphatic carbocycles. The Balaban J connectivity index is 4.89. The van der Waals surface area contributed by atoms with Crippen molar-refractivity contribution in [2.75, 3.05) is 32.8 Å². The van der Waals surface area contributed by atoms with Crippen LogP contribution in [0, 0.1) is 23.7 Å². The first kappa shape index (κ1) is 23.5. The normalized spacial score (nSPS) is 11.8. The van der Waals surface area contributed by atoms with Gasteiger partial charge in [-0.05, 0) is 39.5 Å². The summed E-state index contributed by atoms with van der Waals surface area (Å²) in [5.41, 5.74) is 0. The first-order valence-electron chi connectivity index (χ1n) is 9.66. The van der Waals surface area contributed by atoms with Crippen LogP contribution in [0.1, 0.15) is 60.3 Å². The number of esters is 2. The molecule has 5 nitrogen and oxygen atoms in total. The average Bonchev–Trinajstić information content (AvgIpc) is 2.57. The predicted molar refractivity (Wildman–Crippen MR) is 99.1 cm³/mol. The van der Waals surface area contributed by atoms with Gasteiger partial charge in [-0.3, -0.25) is 9.59 Å². The standard InChI is InChI=1S/C20H35NO4/c1-6-10-14-21(15-11-7-2)16-12-13-17(5)18(19(22)24-8-3)20(23)25-9-4/h17-18H,6-11,14-16H2,1-5H3/p+1/t17-/m0/s1. The van der Waals surface area contributed by atoms with Crippen LogP contribution in [0.15, 0.2) is 0 Å². The van der Waals surface area contributed by atoms with Crippen LogP contribution >= 0.6 is 0 Å². The van der Waals surface area contributed by atoms with E-state index in [4.69, 9.17) is 9.47 Å². The third-order valence-corrected chi connectivity index (χ3v) is 4.02. The number of unbranched alkanes of at least 4 members (excludes halogenated alkanes) is 2. The zero-order chi connectivity index (χ0) is 19.1. The average molecular weight is 355 g/mol. The molecule has 0 fully saturated rings. The fourth-order valence-electron chi connectivity index (χ4n) is 2.54. The maximum Gasteiger partial charge on any atom is 0.321 e. The minimum Gasteiger partial charge on any atom is -0.465 e. The molecule has 0 aromatic carbocycles. The monoisotopic (exact) mass is 354 g/mol. The summed E-state index contributed by atoms with van der Waals surface area (Å²) in [6, 6.07) is 0. The SMILES string of the molecule is CCCC[NH+](CC#C[C@H](C)C(C(=O)OCC)C(=O)OCC)CCCC. The van der Waals surface area contributed by atoms with Gasteiger partial charge < -0.3 is 14.4 Å². The highest BCUT2D eigenvalue weighted by Gasteiger charge is 2.34. The smallest absolute Gasteiger partial charge is 0.321 e. The summed E-state index contributed by atoms with van der Waals surface area (Å²) in [5, 5.41) is 0. The van der Waals surface area contributed by atoms with Crippen LogP contribution in [-0.4, -0.2) is 44.8 Å². The number of hydrogen-bond donors (Lipinski definition) is 1. The van der Waals surface area contributed by atoms with Gasteiger partial charge in [-0.25, -0.2) is 0 Å². The number of rotatable bonds is 12. The predicted octanol–water partition coefficient (Wildman–Crippen LogP) is 1.85. The molecule has 0 aliphatic heterocycles. The zero-order valence-corrected chi connectivity index (χ0v) is 16.7. The molecule has 1 N–H and O–H groups in total. The summed E-state index contributed by atoms with van der Waals surface area (Å²) < 4.78 is 10.0. The third kappa shape index (κ3) is 10.1. The molecule has 144 valence electrons. The molecule has 0 saturated heterocycles. The van der Waals surface area contributed by atoms with Gasteiger partial charge in [-0.1, -0.05) is 32.6 Å². The highest BCUT2D eigenvalue weighted by molar-refractivity contribution is 5.95. The van der Waals surface area contributed by atoms with Crippen molar-refractivity contribution in [2.45, 2.75) is 60.3 Å². The van der Waals surface area contributed by atoms with E-state index in [9.17, 15) is 9.59 Å².